The number of nitrogens with two attached hydrogens (primary N) is 2. The van der Waals surface area contributed by atoms with Gasteiger partial charge in [0.25, 0.3) is 0 Å². The van der Waals surface area contributed by atoms with Crippen molar-refractivity contribution in [2.75, 3.05) is 11.5 Å². The van der Waals surface area contributed by atoms with Crippen molar-refractivity contribution in [2.24, 2.45) is 30.7 Å². The van der Waals surface area contributed by atoms with Crippen LogP contribution < -0.4 is 11.5 Å². The fraction of sp³-hybridized carbons (Fsp3) is 0.0625. The van der Waals surface area contributed by atoms with Crippen molar-refractivity contribution in [1.29, 1.82) is 0 Å². The fourth-order valence-electron chi connectivity index (χ4n) is 3.99. The smallest absolute Gasteiger partial charge is 0.134 e. The van der Waals surface area contributed by atoms with E-state index in [1.807, 2.05) is 74.5 Å². The largest absolute Gasteiger partial charge is 0.508 e. The molecular weight excluding hydrogens is 548 g/mol. The molecule has 0 aliphatic heterocycles. The molecule has 42 heavy (non-hydrogen) atoms. The molecular formula is C32H27ClN8O. The standard InChI is InChI=1S/C32H27ClN8O/c1-19-3-16-27(33)28(17-19)39-41-32-30(34)20(2)18-29(31(32)35)40-38-24-10-6-22(7-11-24)21-4-8-23(9-5-21)36-37-25-12-14-26(42)15-13-25/h3-18,42H,34-35H2,1-2H3. The number of aromatic hydroxyl groups is 1. The molecule has 0 aliphatic carbocycles. The van der Waals surface area contributed by atoms with Crippen LogP contribution in [0.2, 0.25) is 5.02 Å². The molecule has 208 valence electrons. The third-order valence-electron chi connectivity index (χ3n) is 6.40. The van der Waals surface area contributed by atoms with E-state index < -0.39 is 0 Å². The molecule has 0 heterocycles. The van der Waals surface area contributed by atoms with E-state index in [2.05, 4.69) is 30.7 Å². The number of hydrogen-bond donors (Lipinski definition) is 3. The molecule has 5 aromatic rings. The lowest BCUT2D eigenvalue weighted by molar-refractivity contribution is 0.475. The van der Waals surface area contributed by atoms with Gasteiger partial charge in [0.2, 0.25) is 0 Å². The van der Waals surface area contributed by atoms with E-state index in [-0.39, 0.29) is 11.4 Å². The summed E-state index contributed by atoms with van der Waals surface area (Å²) in [7, 11) is 0. The Bertz CT molecular complexity index is 1810. The average Bonchev–Trinajstić information content (AvgIpc) is 3.00. The minimum atomic E-state index is 0.187. The highest BCUT2D eigenvalue weighted by atomic mass is 35.5. The zero-order valence-electron chi connectivity index (χ0n) is 22.9. The van der Waals surface area contributed by atoms with Crippen LogP contribution in [-0.4, -0.2) is 5.11 Å². The fourth-order valence-corrected chi connectivity index (χ4v) is 4.15. The van der Waals surface area contributed by atoms with Gasteiger partial charge in [-0.3, -0.25) is 0 Å². The van der Waals surface area contributed by atoms with Crippen LogP contribution in [0.4, 0.5) is 45.5 Å². The minimum absolute atomic E-state index is 0.187. The average molecular weight is 575 g/mol. The van der Waals surface area contributed by atoms with Crippen LogP contribution in [0.1, 0.15) is 11.1 Å². The second kappa shape index (κ2) is 12.4. The number of phenols is 1. The number of phenolic OH excluding ortho intramolecular Hbond substituents is 1. The van der Waals surface area contributed by atoms with E-state index in [1.54, 1.807) is 36.4 Å². The highest BCUT2D eigenvalue weighted by Gasteiger charge is 2.13. The molecule has 0 saturated heterocycles. The molecule has 0 unspecified atom stereocenters. The lowest BCUT2D eigenvalue weighted by Crippen LogP contribution is -1.95. The lowest BCUT2D eigenvalue weighted by Gasteiger charge is -2.09. The Morgan fingerprint density at radius 2 is 1.05 bits per heavy atom. The van der Waals surface area contributed by atoms with Gasteiger partial charge in [-0.25, -0.2) is 0 Å². The predicted molar refractivity (Wildman–Crippen MR) is 169 cm³/mol. The normalized spacial score (nSPS) is 11.7. The maximum absolute atomic E-state index is 9.38. The molecule has 0 bridgehead atoms. The van der Waals surface area contributed by atoms with E-state index in [0.717, 1.165) is 27.9 Å². The van der Waals surface area contributed by atoms with Gasteiger partial charge in [0, 0.05) is 0 Å². The Hall–Kier alpha value is -5.41. The zero-order chi connectivity index (χ0) is 29.6. The van der Waals surface area contributed by atoms with Crippen LogP contribution in [0.25, 0.3) is 11.1 Å². The molecule has 0 saturated carbocycles. The summed E-state index contributed by atoms with van der Waals surface area (Å²) in [6.07, 6.45) is 0. The number of benzene rings is 5. The van der Waals surface area contributed by atoms with E-state index in [4.69, 9.17) is 23.1 Å². The minimum Gasteiger partial charge on any atom is -0.508 e. The first-order valence-electron chi connectivity index (χ1n) is 13.0. The molecule has 5 N–H and O–H groups in total. The number of hydrogen-bond acceptors (Lipinski definition) is 9. The van der Waals surface area contributed by atoms with E-state index in [1.165, 1.54) is 0 Å². The van der Waals surface area contributed by atoms with Gasteiger partial charge in [0.15, 0.2) is 0 Å². The monoisotopic (exact) mass is 574 g/mol. The molecule has 0 atom stereocenters. The van der Waals surface area contributed by atoms with Crippen molar-refractivity contribution in [1.82, 2.24) is 0 Å². The summed E-state index contributed by atoms with van der Waals surface area (Å²) < 4.78 is 0. The molecule has 0 aromatic heterocycles. The van der Waals surface area contributed by atoms with Crippen molar-refractivity contribution in [3.8, 4) is 16.9 Å². The number of rotatable bonds is 7. The number of halogens is 1. The van der Waals surface area contributed by atoms with Crippen LogP contribution in [0, 0.1) is 13.8 Å². The Balaban J connectivity index is 1.31. The highest BCUT2D eigenvalue weighted by molar-refractivity contribution is 6.33. The first-order valence-corrected chi connectivity index (χ1v) is 13.3. The van der Waals surface area contributed by atoms with Crippen LogP contribution in [0.5, 0.6) is 5.75 Å². The van der Waals surface area contributed by atoms with Gasteiger partial charge in [-0.15, -0.1) is 15.3 Å². The predicted octanol–water partition coefficient (Wildman–Crippen LogP) is 10.7. The maximum atomic E-state index is 9.38. The molecule has 0 radical (unpaired) electrons. The first-order chi connectivity index (χ1) is 20.3. The summed E-state index contributed by atoms with van der Waals surface area (Å²) in [5, 5.41) is 35.6. The van der Waals surface area contributed by atoms with E-state index in [0.29, 0.717) is 39.1 Å². The second-order valence-electron chi connectivity index (χ2n) is 9.55. The van der Waals surface area contributed by atoms with Gasteiger partial charge >= 0.3 is 0 Å². The van der Waals surface area contributed by atoms with Gasteiger partial charge < -0.3 is 16.6 Å². The van der Waals surface area contributed by atoms with Gasteiger partial charge in [-0.2, -0.15) is 15.3 Å². The number of nitrogens with zero attached hydrogens (tertiary/aromatic N) is 6. The van der Waals surface area contributed by atoms with Crippen LogP contribution in [0.3, 0.4) is 0 Å². The Morgan fingerprint density at radius 3 is 1.62 bits per heavy atom. The van der Waals surface area contributed by atoms with Gasteiger partial charge in [0.1, 0.15) is 22.8 Å². The molecule has 9 nitrogen and oxygen atoms in total. The van der Waals surface area contributed by atoms with Gasteiger partial charge in [-0.05, 0) is 103 Å². The SMILES string of the molecule is Cc1ccc(Cl)c(N=Nc2c(N)c(C)cc(N=Nc3ccc(-c4ccc(N=Nc5ccc(O)cc5)cc4)cc3)c2N)c1. The van der Waals surface area contributed by atoms with Crippen molar-refractivity contribution < 1.29 is 5.11 Å². The van der Waals surface area contributed by atoms with Crippen LogP contribution in [-0.2, 0) is 0 Å². The highest BCUT2D eigenvalue weighted by Crippen LogP contribution is 2.41. The lowest BCUT2D eigenvalue weighted by atomic mass is 10.1. The number of azo groups is 3. The molecule has 0 fully saturated rings. The molecule has 0 aliphatic rings. The van der Waals surface area contributed by atoms with Crippen LogP contribution in [0.15, 0.2) is 128 Å². The molecule has 5 aromatic carbocycles. The quantitative estimate of drug-likeness (QED) is 0.131. The summed E-state index contributed by atoms with van der Waals surface area (Å²) in [6, 6.07) is 29.2. The summed E-state index contributed by atoms with van der Waals surface area (Å²) in [4.78, 5) is 0. The van der Waals surface area contributed by atoms with Crippen molar-refractivity contribution >= 4 is 57.1 Å². The molecule has 0 amide bonds. The Labute approximate surface area is 248 Å². The second-order valence-corrected chi connectivity index (χ2v) is 9.96. The number of anilines is 2. The zero-order valence-corrected chi connectivity index (χ0v) is 23.7. The van der Waals surface area contributed by atoms with Crippen molar-refractivity contribution in [3.05, 3.63) is 113 Å². The molecule has 10 heteroatoms. The third-order valence-corrected chi connectivity index (χ3v) is 6.72. The maximum Gasteiger partial charge on any atom is 0.134 e. The van der Waals surface area contributed by atoms with Crippen molar-refractivity contribution in [3.63, 3.8) is 0 Å². The van der Waals surface area contributed by atoms with Gasteiger partial charge in [-0.1, -0.05) is 41.9 Å². The number of nitrogen functional groups attached to an aromatic ring is 2. The van der Waals surface area contributed by atoms with Gasteiger partial charge in [0.05, 0.1) is 33.5 Å². The van der Waals surface area contributed by atoms with Crippen LogP contribution >= 0.6 is 11.6 Å². The summed E-state index contributed by atoms with van der Waals surface area (Å²) in [6.45, 7) is 3.79. The molecule has 5 rings (SSSR count). The number of aryl methyl sites for hydroxylation is 2. The summed E-state index contributed by atoms with van der Waals surface area (Å²) >= 11 is 6.25. The third kappa shape index (κ3) is 6.65. The topological polar surface area (TPSA) is 146 Å². The Kier molecular flexibility index (Phi) is 8.31. The summed E-state index contributed by atoms with van der Waals surface area (Å²) in [5.74, 6) is 0.187. The first kappa shape index (κ1) is 28.1. The van der Waals surface area contributed by atoms with Crippen molar-refractivity contribution in [2.45, 2.75) is 13.8 Å². The van der Waals surface area contributed by atoms with E-state index in [9.17, 15) is 5.11 Å². The molecule has 0 spiro atoms. The Morgan fingerprint density at radius 1 is 0.548 bits per heavy atom. The van der Waals surface area contributed by atoms with E-state index >= 15 is 0 Å². The summed E-state index contributed by atoms with van der Waals surface area (Å²) in [5.41, 5.74) is 20.4.